The Balaban J connectivity index is 1.74. The summed E-state index contributed by atoms with van der Waals surface area (Å²) in [7, 11) is 1.62. The molecular formula is C15H18O4. The molecule has 0 saturated heterocycles. The highest BCUT2D eigenvalue weighted by Crippen LogP contribution is 2.49. The van der Waals surface area contributed by atoms with Crippen molar-refractivity contribution >= 4 is 5.97 Å². The van der Waals surface area contributed by atoms with Crippen molar-refractivity contribution in [3.05, 3.63) is 23.8 Å². The lowest BCUT2D eigenvalue weighted by molar-refractivity contribution is -0.138. The Morgan fingerprint density at radius 1 is 1.37 bits per heavy atom. The molecule has 1 aromatic carbocycles. The Bertz CT molecular complexity index is 493. The highest BCUT2D eigenvalue weighted by molar-refractivity contribution is 5.75. The molecule has 19 heavy (non-hydrogen) atoms. The lowest BCUT2D eigenvalue weighted by atomic mass is 10.1. The number of carboxylic acids is 1. The zero-order valence-electron chi connectivity index (χ0n) is 11.0. The zero-order chi connectivity index (χ0) is 13.4. The SMILES string of the molecule is COc1ccc(C2CC2C(=O)O)cc1OCC1CC1. The van der Waals surface area contributed by atoms with Crippen molar-refractivity contribution in [3.63, 3.8) is 0 Å². The van der Waals surface area contributed by atoms with E-state index in [4.69, 9.17) is 14.6 Å². The number of hydrogen-bond acceptors (Lipinski definition) is 3. The summed E-state index contributed by atoms with van der Waals surface area (Å²) in [6.45, 7) is 0.729. The average molecular weight is 262 g/mol. The minimum atomic E-state index is -0.707. The van der Waals surface area contributed by atoms with Gasteiger partial charge in [0, 0.05) is 0 Å². The number of carboxylic acid groups (broad SMARTS) is 1. The van der Waals surface area contributed by atoms with Crippen molar-refractivity contribution in [1.29, 1.82) is 0 Å². The van der Waals surface area contributed by atoms with Crippen LogP contribution in [-0.4, -0.2) is 24.8 Å². The summed E-state index contributed by atoms with van der Waals surface area (Å²) in [6, 6.07) is 5.75. The fraction of sp³-hybridized carbons (Fsp3) is 0.533. The highest BCUT2D eigenvalue weighted by atomic mass is 16.5. The van der Waals surface area contributed by atoms with Crippen LogP contribution in [0.1, 0.15) is 30.7 Å². The Morgan fingerprint density at radius 2 is 2.16 bits per heavy atom. The fourth-order valence-corrected chi connectivity index (χ4v) is 2.37. The van der Waals surface area contributed by atoms with Gasteiger partial charge in [0.1, 0.15) is 0 Å². The lowest BCUT2D eigenvalue weighted by Gasteiger charge is -2.12. The van der Waals surface area contributed by atoms with Crippen LogP contribution in [0.4, 0.5) is 0 Å². The van der Waals surface area contributed by atoms with Crippen LogP contribution < -0.4 is 9.47 Å². The van der Waals surface area contributed by atoms with E-state index in [9.17, 15) is 4.79 Å². The third-order valence-corrected chi connectivity index (χ3v) is 3.89. The predicted molar refractivity (Wildman–Crippen MR) is 69.7 cm³/mol. The number of hydrogen-bond donors (Lipinski definition) is 1. The summed E-state index contributed by atoms with van der Waals surface area (Å²) in [6.07, 6.45) is 3.21. The Hall–Kier alpha value is -1.71. The van der Waals surface area contributed by atoms with Crippen molar-refractivity contribution < 1.29 is 19.4 Å². The van der Waals surface area contributed by atoms with Gasteiger partial charge in [0.25, 0.3) is 0 Å². The number of benzene rings is 1. The molecule has 4 nitrogen and oxygen atoms in total. The summed E-state index contributed by atoms with van der Waals surface area (Å²) in [5.41, 5.74) is 1.04. The zero-order valence-corrected chi connectivity index (χ0v) is 11.0. The van der Waals surface area contributed by atoms with Crippen LogP contribution in [0.3, 0.4) is 0 Å². The van der Waals surface area contributed by atoms with Gasteiger partial charge in [0.15, 0.2) is 11.5 Å². The molecule has 0 spiro atoms. The molecule has 0 heterocycles. The van der Waals surface area contributed by atoms with Crippen LogP contribution >= 0.6 is 0 Å². The van der Waals surface area contributed by atoms with E-state index >= 15 is 0 Å². The maximum atomic E-state index is 10.9. The van der Waals surface area contributed by atoms with Crippen molar-refractivity contribution in [2.45, 2.75) is 25.2 Å². The average Bonchev–Trinajstić information content (AvgIpc) is 3.28. The molecule has 2 aliphatic rings. The molecule has 2 atom stereocenters. The van der Waals surface area contributed by atoms with Gasteiger partial charge in [-0.05, 0) is 48.8 Å². The van der Waals surface area contributed by atoms with Crippen LogP contribution in [0.25, 0.3) is 0 Å². The topological polar surface area (TPSA) is 55.8 Å². The van der Waals surface area contributed by atoms with E-state index < -0.39 is 5.97 Å². The molecule has 0 amide bonds. The van der Waals surface area contributed by atoms with Crippen LogP contribution in [-0.2, 0) is 4.79 Å². The standard InChI is InChI=1S/C15H18O4/c1-18-13-5-4-10(11-7-12(11)15(16)17)6-14(13)19-8-9-2-3-9/h4-6,9,11-12H,2-3,7-8H2,1H3,(H,16,17). The van der Waals surface area contributed by atoms with Crippen molar-refractivity contribution in [1.82, 2.24) is 0 Å². The summed E-state index contributed by atoms with van der Waals surface area (Å²) in [5.74, 6) is 1.33. The van der Waals surface area contributed by atoms with E-state index in [1.165, 1.54) is 12.8 Å². The second-order valence-electron chi connectivity index (χ2n) is 5.45. The first-order valence-electron chi connectivity index (χ1n) is 6.72. The Morgan fingerprint density at radius 3 is 2.74 bits per heavy atom. The number of aliphatic carboxylic acids is 1. The van der Waals surface area contributed by atoms with E-state index in [0.717, 1.165) is 30.1 Å². The molecule has 2 aliphatic carbocycles. The Kier molecular flexibility index (Phi) is 3.09. The van der Waals surface area contributed by atoms with Crippen molar-refractivity contribution in [3.8, 4) is 11.5 Å². The first kappa shape index (κ1) is 12.3. The largest absolute Gasteiger partial charge is 0.493 e. The molecule has 1 N–H and O–H groups in total. The van der Waals surface area contributed by atoms with Crippen molar-refractivity contribution in [2.24, 2.45) is 11.8 Å². The highest BCUT2D eigenvalue weighted by Gasteiger charge is 2.44. The Labute approximate surface area is 112 Å². The van der Waals surface area contributed by atoms with Crippen LogP contribution in [0.5, 0.6) is 11.5 Å². The third-order valence-electron chi connectivity index (χ3n) is 3.89. The summed E-state index contributed by atoms with van der Waals surface area (Å²) in [4.78, 5) is 10.9. The van der Waals surface area contributed by atoms with Crippen LogP contribution in [0.15, 0.2) is 18.2 Å². The first-order chi connectivity index (χ1) is 9.19. The van der Waals surface area contributed by atoms with Gasteiger partial charge in [0.2, 0.25) is 0 Å². The van der Waals surface area contributed by atoms with Gasteiger partial charge in [-0.15, -0.1) is 0 Å². The molecule has 102 valence electrons. The number of ether oxygens (including phenoxy) is 2. The van der Waals surface area contributed by atoms with Gasteiger partial charge in [-0.2, -0.15) is 0 Å². The number of methoxy groups -OCH3 is 1. The van der Waals surface area contributed by atoms with Gasteiger partial charge in [-0.1, -0.05) is 6.07 Å². The van der Waals surface area contributed by atoms with E-state index in [0.29, 0.717) is 5.92 Å². The second-order valence-corrected chi connectivity index (χ2v) is 5.45. The number of rotatable bonds is 6. The van der Waals surface area contributed by atoms with Crippen LogP contribution in [0, 0.1) is 11.8 Å². The summed E-state index contributed by atoms with van der Waals surface area (Å²) in [5, 5.41) is 8.98. The maximum Gasteiger partial charge on any atom is 0.307 e. The molecular weight excluding hydrogens is 244 g/mol. The molecule has 0 radical (unpaired) electrons. The lowest BCUT2D eigenvalue weighted by Crippen LogP contribution is -2.02. The minimum absolute atomic E-state index is 0.131. The van der Waals surface area contributed by atoms with E-state index in [-0.39, 0.29) is 11.8 Å². The summed E-state index contributed by atoms with van der Waals surface area (Å²) < 4.78 is 11.1. The second kappa shape index (κ2) is 4.76. The number of carbonyl (C=O) groups is 1. The monoisotopic (exact) mass is 262 g/mol. The third kappa shape index (κ3) is 2.67. The quantitative estimate of drug-likeness (QED) is 0.856. The van der Waals surface area contributed by atoms with Gasteiger partial charge in [0.05, 0.1) is 19.6 Å². The predicted octanol–water partition coefficient (Wildman–Crippen LogP) is 2.67. The van der Waals surface area contributed by atoms with E-state index in [2.05, 4.69) is 0 Å². The van der Waals surface area contributed by atoms with Gasteiger partial charge in [-0.25, -0.2) is 0 Å². The first-order valence-corrected chi connectivity index (χ1v) is 6.72. The van der Waals surface area contributed by atoms with Crippen LogP contribution in [0.2, 0.25) is 0 Å². The molecule has 2 saturated carbocycles. The molecule has 1 aromatic rings. The smallest absolute Gasteiger partial charge is 0.307 e. The molecule has 4 heteroatoms. The molecule has 2 unspecified atom stereocenters. The van der Waals surface area contributed by atoms with Gasteiger partial charge < -0.3 is 14.6 Å². The minimum Gasteiger partial charge on any atom is -0.493 e. The molecule has 2 fully saturated rings. The maximum absolute atomic E-state index is 10.9. The molecule has 0 aliphatic heterocycles. The molecule has 0 bridgehead atoms. The summed E-state index contributed by atoms with van der Waals surface area (Å²) >= 11 is 0. The van der Waals surface area contributed by atoms with Crippen molar-refractivity contribution in [2.75, 3.05) is 13.7 Å². The fourth-order valence-electron chi connectivity index (χ4n) is 2.37. The van der Waals surface area contributed by atoms with Gasteiger partial charge >= 0.3 is 5.97 Å². The van der Waals surface area contributed by atoms with Gasteiger partial charge in [-0.3, -0.25) is 4.79 Å². The molecule has 0 aromatic heterocycles. The van der Waals surface area contributed by atoms with E-state index in [1.807, 2.05) is 18.2 Å². The normalized spacial score (nSPS) is 24.9. The van der Waals surface area contributed by atoms with E-state index in [1.54, 1.807) is 7.11 Å². The molecule has 3 rings (SSSR count).